The molecular weight excluding hydrogens is 160 g/mol. The highest BCUT2D eigenvalue weighted by Crippen LogP contribution is 2.17. The van der Waals surface area contributed by atoms with Gasteiger partial charge in [-0.1, -0.05) is 20.8 Å². The molecule has 0 bridgehead atoms. The summed E-state index contributed by atoms with van der Waals surface area (Å²) >= 11 is 0. The van der Waals surface area contributed by atoms with Gasteiger partial charge in [0, 0.05) is 25.6 Å². The first-order valence-corrected chi connectivity index (χ1v) is 4.85. The molecule has 0 aliphatic heterocycles. The van der Waals surface area contributed by atoms with Gasteiger partial charge in [0.1, 0.15) is 0 Å². The van der Waals surface area contributed by atoms with Crippen molar-refractivity contribution in [3.05, 3.63) is 0 Å². The van der Waals surface area contributed by atoms with Crippen LogP contribution in [0.3, 0.4) is 0 Å². The first kappa shape index (κ1) is 12.5. The Morgan fingerprint density at radius 2 is 2.00 bits per heavy atom. The van der Waals surface area contributed by atoms with E-state index in [1.165, 1.54) is 0 Å². The Morgan fingerprint density at radius 1 is 1.38 bits per heavy atom. The Kier molecular flexibility index (Phi) is 5.77. The third kappa shape index (κ3) is 5.68. The quantitative estimate of drug-likeness (QED) is 0.509. The average Bonchev–Trinajstić information content (AvgIpc) is 2.02. The van der Waals surface area contributed by atoms with Crippen LogP contribution >= 0.6 is 0 Å². The summed E-state index contributed by atoms with van der Waals surface area (Å²) in [6, 6.07) is 0.381. The number of nitrogens with two attached hydrogens (primary N) is 1. The van der Waals surface area contributed by atoms with Crippen molar-refractivity contribution in [2.75, 3.05) is 13.1 Å². The van der Waals surface area contributed by atoms with Crippen LogP contribution in [0, 0.1) is 17.3 Å². The van der Waals surface area contributed by atoms with Crippen molar-refractivity contribution in [1.82, 2.24) is 5.32 Å². The summed E-state index contributed by atoms with van der Waals surface area (Å²) in [4.78, 5) is 0. The molecule has 2 heteroatoms. The highest BCUT2D eigenvalue weighted by atomic mass is 14.9. The molecule has 0 amide bonds. The van der Waals surface area contributed by atoms with E-state index in [9.17, 15) is 0 Å². The zero-order chi connectivity index (χ0) is 10.3. The Balaban J connectivity index is 3.77. The second-order valence-electron chi connectivity index (χ2n) is 4.29. The molecule has 2 nitrogen and oxygen atoms in total. The molecule has 0 rings (SSSR count). The molecular formula is C11H22N2. The number of hydrogen-bond acceptors (Lipinski definition) is 2. The van der Waals surface area contributed by atoms with E-state index in [-0.39, 0.29) is 5.41 Å². The van der Waals surface area contributed by atoms with Gasteiger partial charge in [0.15, 0.2) is 0 Å². The SMILES string of the molecule is CC#CCCNC(CN)C(C)(C)C. The van der Waals surface area contributed by atoms with E-state index >= 15 is 0 Å². The Morgan fingerprint density at radius 3 is 2.38 bits per heavy atom. The number of nitrogens with one attached hydrogen (secondary N) is 1. The van der Waals surface area contributed by atoms with E-state index in [4.69, 9.17) is 5.73 Å². The molecule has 0 aromatic heterocycles. The fourth-order valence-electron chi connectivity index (χ4n) is 1.18. The summed E-state index contributed by atoms with van der Waals surface area (Å²) in [6.45, 7) is 10.1. The van der Waals surface area contributed by atoms with Gasteiger partial charge in [-0.3, -0.25) is 0 Å². The topological polar surface area (TPSA) is 38.0 Å². The highest BCUT2D eigenvalue weighted by molar-refractivity contribution is 4.95. The van der Waals surface area contributed by atoms with Crippen LogP contribution in [0.1, 0.15) is 34.1 Å². The maximum atomic E-state index is 5.68. The van der Waals surface area contributed by atoms with Gasteiger partial charge >= 0.3 is 0 Å². The van der Waals surface area contributed by atoms with E-state index in [1.807, 2.05) is 6.92 Å². The van der Waals surface area contributed by atoms with E-state index in [0.29, 0.717) is 12.6 Å². The standard InChI is InChI=1S/C11H22N2/c1-5-6-7-8-13-10(9-12)11(2,3)4/h10,13H,7-9,12H2,1-4H3. The summed E-state index contributed by atoms with van der Waals surface area (Å²) in [7, 11) is 0. The van der Waals surface area contributed by atoms with Crippen molar-refractivity contribution < 1.29 is 0 Å². The molecule has 0 spiro atoms. The minimum atomic E-state index is 0.231. The molecule has 0 aliphatic rings. The van der Waals surface area contributed by atoms with Crippen LogP contribution in [0.5, 0.6) is 0 Å². The second kappa shape index (κ2) is 6.01. The van der Waals surface area contributed by atoms with Gasteiger partial charge in [-0.15, -0.1) is 11.8 Å². The van der Waals surface area contributed by atoms with Crippen molar-refractivity contribution in [3.8, 4) is 11.8 Å². The largest absolute Gasteiger partial charge is 0.329 e. The van der Waals surface area contributed by atoms with E-state index < -0.39 is 0 Å². The van der Waals surface area contributed by atoms with E-state index in [2.05, 4.69) is 37.9 Å². The van der Waals surface area contributed by atoms with Crippen molar-refractivity contribution in [2.45, 2.75) is 40.2 Å². The fourth-order valence-corrected chi connectivity index (χ4v) is 1.18. The smallest absolute Gasteiger partial charge is 0.0239 e. The van der Waals surface area contributed by atoms with Crippen molar-refractivity contribution >= 4 is 0 Å². The van der Waals surface area contributed by atoms with Crippen molar-refractivity contribution in [2.24, 2.45) is 11.1 Å². The zero-order valence-electron chi connectivity index (χ0n) is 9.28. The Bertz CT molecular complexity index is 180. The molecule has 0 heterocycles. The minimum Gasteiger partial charge on any atom is -0.329 e. The number of hydrogen-bond donors (Lipinski definition) is 2. The van der Waals surface area contributed by atoms with Gasteiger partial charge in [-0.2, -0.15) is 0 Å². The number of rotatable bonds is 4. The first-order valence-electron chi connectivity index (χ1n) is 4.85. The van der Waals surface area contributed by atoms with Gasteiger partial charge in [0.2, 0.25) is 0 Å². The molecule has 76 valence electrons. The third-order valence-corrected chi connectivity index (χ3v) is 2.10. The highest BCUT2D eigenvalue weighted by Gasteiger charge is 2.21. The predicted molar refractivity (Wildman–Crippen MR) is 58.4 cm³/mol. The summed E-state index contributed by atoms with van der Waals surface area (Å²) in [5.74, 6) is 5.90. The molecule has 0 aliphatic carbocycles. The van der Waals surface area contributed by atoms with Gasteiger partial charge in [-0.05, 0) is 12.3 Å². The molecule has 13 heavy (non-hydrogen) atoms. The lowest BCUT2D eigenvalue weighted by molar-refractivity contribution is 0.276. The first-order chi connectivity index (χ1) is 6.02. The zero-order valence-corrected chi connectivity index (χ0v) is 9.28. The van der Waals surface area contributed by atoms with Crippen LogP contribution in [0.4, 0.5) is 0 Å². The average molecular weight is 182 g/mol. The van der Waals surface area contributed by atoms with Crippen LogP contribution in [0.25, 0.3) is 0 Å². The third-order valence-electron chi connectivity index (χ3n) is 2.10. The molecule has 0 saturated heterocycles. The maximum Gasteiger partial charge on any atom is 0.0239 e. The summed E-state index contributed by atoms with van der Waals surface area (Å²) < 4.78 is 0. The summed E-state index contributed by atoms with van der Waals surface area (Å²) in [6.07, 6.45) is 0.906. The molecule has 0 radical (unpaired) electrons. The molecule has 1 unspecified atom stereocenters. The van der Waals surface area contributed by atoms with Crippen LogP contribution < -0.4 is 11.1 Å². The lowest BCUT2D eigenvalue weighted by atomic mass is 9.87. The van der Waals surface area contributed by atoms with Crippen LogP contribution in [-0.2, 0) is 0 Å². The van der Waals surface area contributed by atoms with Crippen molar-refractivity contribution in [1.29, 1.82) is 0 Å². The lowest BCUT2D eigenvalue weighted by Gasteiger charge is -2.30. The Labute approximate surface area is 82.3 Å². The van der Waals surface area contributed by atoms with E-state index in [1.54, 1.807) is 0 Å². The van der Waals surface area contributed by atoms with E-state index in [0.717, 1.165) is 13.0 Å². The summed E-state index contributed by atoms with van der Waals surface area (Å²) in [5.41, 5.74) is 5.91. The summed E-state index contributed by atoms with van der Waals surface area (Å²) in [5, 5.41) is 3.42. The monoisotopic (exact) mass is 182 g/mol. The normalized spacial score (nSPS) is 13.3. The molecule has 0 aromatic rings. The van der Waals surface area contributed by atoms with Gasteiger partial charge < -0.3 is 11.1 Å². The fraction of sp³-hybridized carbons (Fsp3) is 0.818. The van der Waals surface area contributed by atoms with Crippen LogP contribution in [-0.4, -0.2) is 19.1 Å². The maximum absolute atomic E-state index is 5.68. The lowest BCUT2D eigenvalue weighted by Crippen LogP contribution is -2.46. The molecule has 3 N–H and O–H groups in total. The van der Waals surface area contributed by atoms with Gasteiger partial charge in [0.05, 0.1) is 0 Å². The van der Waals surface area contributed by atoms with Crippen LogP contribution in [0.15, 0.2) is 0 Å². The predicted octanol–water partition coefficient (Wildman–Crippen LogP) is 1.36. The molecule has 0 saturated carbocycles. The van der Waals surface area contributed by atoms with Gasteiger partial charge in [-0.25, -0.2) is 0 Å². The van der Waals surface area contributed by atoms with Crippen LogP contribution in [0.2, 0.25) is 0 Å². The minimum absolute atomic E-state index is 0.231. The molecule has 1 atom stereocenters. The molecule has 0 fully saturated rings. The Hall–Kier alpha value is -0.520. The van der Waals surface area contributed by atoms with Crippen molar-refractivity contribution in [3.63, 3.8) is 0 Å². The van der Waals surface area contributed by atoms with Gasteiger partial charge in [0.25, 0.3) is 0 Å². The molecule has 0 aromatic carbocycles. The second-order valence-corrected chi connectivity index (χ2v) is 4.29.